The van der Waals surface area contributed by atoms with Crippen LogP contribution in [0.5, 0.6) is 0 Å². The molecule has 0 bridgehead atoms. The molecule has 0 saturated heterocycles. The van der Waals surface area contributed by atoms with E-state index in [9.17, 15) is 19.8 Å². The number of ether oxygens (including phenoxy) is 1. The predicted molar refractivity (Wildman–Crippen MR) is 218 cm³/mol. The summed E-state index contributed by atoms with van der Waals surface area (Å²) in [6.07, 6.45) is 46.7. The summed E-state index contributed by atoms with van der Waals surface area (Å²) in [7, 11) is 0. The van der Waals surface area contributed by atoms with Gasteiger partial charge in [-0.2, -0.15) is 0 Å². The highest BCUT2D eigenvalue weighted by Gasteiger charge is 2.20. The molecule has 0 radical (unpaired) electrons. The Morgan fingerprint density at radius 2 is 1.02 bits per heavy atom. The molecule has 0 heterocycles. The monoisotopic (exact) mass is 718 g/mol. The molecule has 2 unspecified atom stereocenters. The molecule has 0 aliphatic heterocycles. The summed E-state index contributed by atoms with van der Waals surface area (Å²) in [6.45, 7) is 4.76. The van der Waals surface area contributed by atoms with Gasteiger partial charge in [0.2, 0.25) is 5.91 Å². The maximum atomic E-state index is 12.4. The van der Waals surface area contributed by atoms with Crippen LogP contribution in [-0.4, -0.2) is 47.4 Å². The van der Waals surface area contributed by atoms with Crippen molar-refractivity contribution in [3.05, 3.63) is 36.5 Å². The molecule has 0 rings (SSSR count). The molecule has 0 aliphatic carbocycles. The van der Waals surface area contributed by atoms with Crippen LogP contribution in [0.4, 0.5) is 0 Å². The molecule has 0 aromatic rings. The third kappa shape index (κ3) is 37.6. The molecule has 6 heteroatoms. The van der Waals surface area contributed by atoms with Crippen molar-refractivity contribution in [2.45, 2.75) is 225 Å². The highest BCUT2D eigenvalue weighted by molar-refractivity contribution is 5.76. The number of allylic oxidation sites excluding steroid dienone is 6. The Labute approximate surface area is 315 Å². The molecule has 3 N–H and O–H groups in total. The number of carbonyl (C=O) groups is 2. The summed E-state index contributed by atoms with van der Waals surface area (Å²) in [5, 5.41) is 23.0. The van der Waals surface area contributed by atoms with Gasteiger partial charge in [-0.3, -0.25) is 9.59 Å². The number of hydrogen-bond acceptors (Lipinski definition) is 5. The van der Waals surface area contributed by atoms with Crippen LogP contribution in [0.3, 0.4) is 0 Å². The molecule has 51 heavy (non-hydrogen) atoms. The molecule has 1 amide bonds. The van der Waals surface area contributed by atoms with Gasteiger partial charge in [-0.15, -0.1) is 0 Å². The summed E-state index contributed by atoms with van der Waals surface area (Å²) in [6, 6.07) is -0.561. The predicted octanol–water partition coefficient (Wildman–Crippen LogP) is 12.2. The SMILES string of the molecule is CCC/C=C\C/C=C\CCCCCCCC(=O)OCCCC/C=C\CCCCCCCC(=O)NC(CO)C(O)CCCCCCCCCCCC. The van der Waals surface area contributed by atoms with Gasteiger partial charge in [0.25, 0.3) is 0 Å². The maximum Gasteiger partial charge on any atom is 0.305 e. The molecule has 0 aromatic carbocycles. The summed E-state index contributed by atoms with van der Waals surface area (Å²) in [4.78, 5) is 24.3. The van der Waals surface area contributed by atoms with Crippen molar-refractivity contribution in [1.29, 1.82) is 0 Å². The van der Waals surface area contributed by atoms with Crippen molar-refractivity contribution in [3.8, 4) is 0 Å². The number of amides is 1. The Morgan fingerprint density at radius 1 is 0.549 bits per heavy atom. The summed E-state index contributed by atoms with van der Waals surface area (Å²) < 4.78 is 5.40. The van der Waals surface area contributed by atoms with Crippen LogP contribution < -0.4 is 5.32 Å². The fraction of sp³-hybridized carbons (Fsp3) is 0.822. The number of aliphatic hydroxyl groups is 2. The van der Waals surface area contributed by atoms with Gasteiger partial charge in [-0.1, -0.05) is 159 Å². The maximum absolute atomic E-state index is 12.4. The van der Waals surface area contributed by atoms with Crippen molar-refractivity contribution >= 4 is 11.9 Å². The van der Waals surface area contributed by atoms with Gasteiger partial charge >= 0.3 is 5.97 Å². The van der Waals surface area contributed by atoms with Crippen molar-refractivity contribution in [2.75, 3.05) is 13.2 Å². The van der Waals surface area contributed by atoms with Crippen LogP contribution in [0.15, 0.2) is 36.5 Å². The Balaban J connectivity index is 3.55. The van der Waals surface area contributed by atoms with Gasteiger partial charge in [0.15, 0.2) is 0 Å². The smallest absolute Gasteiger partial charge is 0.305 e. The van der Waals surface area contributed by atoms with Gasteiger partial charge in [0.05, 0.1) is 25.4 Å². The largest absolute Gasteiger partial charge is 0.466 e. The summed E-state index contributed by atoms with van der Waals surface area (Å²) in [5.74, 6) is -0.117. The highest BCUT2D eigenvalue weighted by atomic mass is 16.5. The van der Waals surface area contributed by atoms with Crippen molar-refractivity contribution in [3.63, 3.8) is 0 Å². The lowest BCUT2D eigenvalue weighted by Gasteiger charge is -2.22. The lowest BCUT2D eigenvalue weighted by atomic mass is 10.0. The third-order valence-corrected chi connectivity index (χ3v) is 9.64. The molecule has 6 nitrogen and oxygen atoms in total. The Morgan fingerprint density at radius 3 is 1.59 bits per heavy atom. The lowest BCUT2D eigenvalue weighted by molar-refractivity contribution is -0.143. The van der Waals surface area contributed by atoms with E-state index >= 15 is 0 Å². The van der Waals surface area contributed by atoms with Gasteiger partial charge in [-0.25, -0.2) is 0 Å². The Bertz CT molecular complexity index is 838. The van der Waals surface area contributed by atoms with E-state index in [1.165, 1.54) is 83.5 Å². The minimum atomic E-state index is -0.681. The third-order valence-electron chi connectivity index (χ3n) is 9.64. The average Bonchev–Trinajstić information content (AvgIpc) is 3.13. The minimum absolute atomic E-state index is 0.0480. The minimum Gasteiger partial charge on any atom is -0.466 e. The summed E-state index contributed by atoms with van der Waals surface area (Å²) >= 11 is 0. The Kier molecular flexibility index (Phi) is 39.3. The number of nitrogens with one attached hydrogen (secondary N) is 1. The van der Waals surface area contributed by atoms with Crippen LogP contribution in [0.1, 0.15) is 213 Å². The van der Waals surface area contributed by atoms with Crippen LogP contribution >= 0.6 is 0 Å². The number of carbonyl (C=O) groups excluding carboxylic acids is 2. The first-order valence-electron chi connectivity index (χ1n) is 21.7. The molecular formula is C45H83NO5. The number of esters is 1. The second-order valence-corrected chi connectivity index (χ2v) is 14.7. The first-order valence-corrected chi connectivity index (χ1v) is 21.7. The van der Waals surface area contributed by atoms with E-state index in [0.717, 1.165) is 96.3 Å². The zero-order valence-corrected chi connectivity index (χ0v) is 33.6. The molecular weight excluding hydrogens is 634 g/mol. The summed E-state index contributed by atoms with van der Waals surface area (Å²) in [5.41, 5.74) is 0. The number of unbranched alkanes of at least 4 members (excludes halogenated alkanes) is 22. The second kappa shape index (κ2) is 40.8. The topological polar surface area (TPSA) is 95.9 Å². The fourth-order valence-corrected chi connectivity index (χ4v) is 6.26. The molecule has 0 spiro atoms. The lowest BCUT2D eigenvalue weighted by Crippen LogP contribution is -2.45. The molecule has 0 saturated carbocycles. The van der Waals surface area contributed by atoms with E-state index in [1.807, 2.05) is 0 Å². The van der Waals surface area contributed by atoms with E-state index in [-0.39, 0.29) is 18.5 Å². The van der Waals surface area contributed by atoms with Crippen LogP contribution in [0.25, 0.3) is 0 Å². The molecule has 298 valence electrons. The average molecular weight is 718 g/mol. The normalized spacial score (nSPS) is 13.1. The van der Waals surface area contributed by atoms with E-state index in [1.54, 1.807) is 0 Å². The van der Waals surface area contributed by atoms with E-state index in [0.29, 0.717) is 25.9 Å². The van der Waals surface area contributed by atoms with Gasteiger partial charge in [-0.05, 0) is 77.0 Å². The van der Waals surface area contributed by atoms with Crippen molar-refractivity contribution < 1.29 is 24.5 Å². The highest BCUT2D eigenvalue weighted by Crippen LogP contribution is 2.14. The quantitative estimate of drug-likeness (QED) is 0.0334. The number of rotatable bonds is 39. The van der Waals surface area contributed by atoms with Crippen molar-refractivity contribution in [1.82, 2.24) is 5.32 Å². The number of aliphatic hydroxyl groups excluding tert-OH is 2. The van der Waals surface area contributed by atoms with Crippen LogP contribution in [0, 0.1) is 0 Å². The molecule has 2 atom stereocenters. The zero-order valence-electron chi connectivity index (χ0n) is 33.6. The molecule has 0 aromatic heterocycles. The standard InChI is InChI=1S/C45H83NO5/c1-3-5-7-9-11-13-15-16-19-23-27-31-35-39-45(50)51-40-36-32-28-24-20-17-18-22-26-30-34-38-44(49)46-42(41-47)43(48)37-33-29-25-21-14-12-10-8-6-4-2/h7,9,13,15,20,24,42-43,47-48H,3-6,8,10-12,14,16-19,21-23,25-41H2,1-2H3,(H,46,49)/b9-7-,15-13-,24-20-. The second-order valence-electron chi connectivity index (χ2n) is 14.7. The van der Waals surface area contributed by atoms with Crippen molar-refractivity contribution in [2.24, 2.45) is 0 Å². The van der Waals surface area contributed by atoms with Gasteiger partial charge in [0.1, 0.15) is 0 Å². The number of hydrogen-bond donors (Lipinski definition) is 3. The first-order chi connectivity index (χ1) is 25.0. The van der Waals surface area contributed by atoms with E-state index < -0.39 is 12.1 Å². The van der Waals surface area contributed by atoms with E-state index in [4.69, 9.17) is 4.74 Å². The molecule has 0 fully saturated rings. The fourth-order valence-electron chi connectivity index (χ4n) is 6.26. The van der Waals surface area contributed by atoms with E-state index in [2.05, 4.69) is 55.6 Å². The van der Waals surface area contributed by atoms with Gasteiger partial charge in [0, 0.05) is 12.8 Å². The van der Waals surface area contributed by atoms with Gasteiger partial charge < -0.3 is 20.3 Å². The zero-order chi connectivity index (χ0) is 37.3. The van der Waals surface area contributed by atoms with Crippen LogP contribution in [-0.2, 0) is 14.3 Å². The first kappa shape index (κ1) is 49.1. The Hall–Kier alpha value is -1.92. The van der Waals surface area contributed by atoms with Crippen LogP contribution in [0.2, 0.25) is 0 Å². The molecule has 0 aliphatic rings.